The Kier molecular flexibility index (Phi) is 5.23. The van der Waals surface area contributed by atoms with Gasteiger partial charge < -0.3 is 16.0 Å². The number of benzene rings is 1. The van der Waals surface area contributed by atoms with Crippen molar-refractivity contribution < 1.29 is 14.4 Å². The highest BCUT2D eigenvalue weighted by Crippen LogP contribution is 2.23. The molecule has 4 amide bonds. The molecule has 2 aromatic rings. The third kappa shape index (κ3) is 3.79. The zero-order valence-electron chi connectivity index (χ0n) is 14.2. The third-order valence-corrected chi connectivity index (χ3v) is 3.78. The van der Waals surface area contributed by atoms with E-state index in [0.717, 1.165) is 17.1 Å². The van der Waals surface area contributed by atoms with Crippen molar-refractivity contribution in [2.45, 2.75) is 13.8 Å². The Bertz CT molecular complexity index is 962. The van der Waals surface area contributed by atoms with Crippen LogP contribution in [0.5, 0.6) is 0 Å². The first-order valence-electron chi connectivity index (χ1n) is 7.56. The molecule has 0 aliphatic heterocycles. The lowest BCUT2D eigenvalue weighted by Crippen LogP contribution is -2.35. The summed E-state index contributed by atoms with van der Waals surface area (Å²) in [5, 5.41) is 11.0. The minimum Gasteiger partial charge on any atom is -0.366 e. The molecule has 0 bridgehead atoms. The number of aromatic nitrogens is 1. The fraction of sp³-hybridized carbons (Fsp3) is 0.111. The first kappa shape index (κ1) is 18.5. The molecule has 26 heavy (non-hydrogen) atoms. The van der Waals surface area contributed by atoms with Gasteiger partial charge in [0.25, 0.3) is 5.91 Å². The minimum absolute atomic E-state index is 0.242. The van der Waals surface area contributed by atoms with Gasteiger partial charge in [-0.05, 0) is 55.8 Å². The van der Waals surface area contributed by atoms with Crippen LogP contribution in [0.1, 0.15) is 27.3 Å². The van der Waals surface area contributed by atoms with Gasteiger partial charge in [0.2, 0.25) is 5.91 Å². The van der Waals surface area contributed by atoms with Crippen LogP contribution in [0.3, 0.4) is 0 Å². The standard InChI is InChI=1S/C18H17N5O3/c1-10-7-13(8-14(9-19)17(25)22-18(21)26)11(2)23(10)15-5-3-12(4-6-15)16(20)24/h3-8H,1-2H3,(H2,20,24)(H3,21,22,25,26)/b14-8-. The van der Waals surface area contributed by atoms with E-state index in [1.807, 2.05) is 23.7 Å². The molecule has 1 aromatic carbocycles. The van der Waals surface area contributed by atoms with E-state index in [-0.39, 0.29) is 5.57 Å². The van der Waals surface area contributed by atoms with Crippen molar-refractivity contribution in [1.29, 1.82) is 5.26 Å². The van der Waals surface area contributed by atoms with Gasteiger partial charge >= 0.3 is 6.03 Å². The highest BCUT2D eigenvalue weighted by molar-refractivity contribution is 6.08. The fourth-order valence-electron chi connectivity index (χ4n) is 2.59. The second-order valence-corrected chi connectivity index (χ2v) is 5.56. The van der Waals surface area contributed by atoms with Crippen LogP contribution in [-0.2, 0) is 4.79 Å². The van der Waals surface area contributed by atoms with Gasteiger partial charge in [0.15, 0.2) is 0 Å². The molecule has 0 aliphatic carbocycles. The van der Waals surface area contributed by atoms with E-state index >= 15 is 0 Å². The normalized spacial score (nSPS) is 10.9. The summed E-state index contributed by atoms with van der Waals surface area (Å²) in [7, 11) is 0. The Balaban J connectivity index is 2.45. The molecule has 132 valence electrons. The third-order valence-electron chi connectivity index (χ3n) is 3.78. The molecule has 0 atom stereocenters. The lowest BCUT2D eigenvalue weighted by molar-refractivity contribution is -0.115. The number of amides is 4. The van der Waals surface area contributed by atoms with Crippen LogP contribution in [0.25, 0.3) is 11.8 Å². The number of urea groups is 1. The van der Waals surface area contributed by atoms with Gasteiger partial charge in [-0.15, -0.1) is 0 Å². The predicted octanol–water partition coefficient (Wildman–Crippen LogP) is 1.29. The first-order valence-corrected chi connectivity index (χ1v) is 7.56. The molecule has 0 unspecified atom stereocenters. The zero-order chi connectivity index (χ0) is 19.4. The summed E-state index contributed by atoms with van der Waals surface area (Å²) in [4.78, 5) is 33.8. The summed E-state index contributed by atoms with van der Waals surface area (Å²) in [6, 6.07) is 9.25. The number of nitrogens with two attached hydrogens (primary N) is 2. The van der Waals surface area contributed by atoms with Gasteiger partial charge in [-0.25, -0.2) is 4.79 Å². The van der Waals surface area contributed by atoms with Gasteiger partial charge in [0, 0.05) is 22.6 Å². The smallest absolute Gasteiger partial charge is 0.319 e. The summed E-state index contributed by atoms with van der Waals surface area (Å²) in [6.07, 6.45) is 1.38. The Morgan fingerprint density at radius 2 is 1.77 bits per heavy atom. The van der Waals surface area contributed by atoms with Crippen LogP contribution in [0, 0.1) is 25.2 Å². The van der Waals surface area contributed by atoms with Gasteiger partial charge in [0.05, 0.1) is 0 Å². The number of rotatable bonds is 4. The lowest BCUT2D eigenvalue weighted by atomic mass is 10.1. The molecular formula is C18H17N5O3. The quantitative estimate of drug-likeness (QED) is 0.563. The van der Waals surface area contributed by atoms with Gasteiger partial charge in [-0.1, -0.05) is 0 Å². The number of primary amides is 2. The number of nitrogens with zero attached hydrogens (tertiary/aromatic N) is 2. The van der Waals surface area contributed by atoms with Gasteiger partial charge in [-0.3, -0.25) is 14.9 Å². The molecule has 0 radical (unpaired) electrons. The summed E-state index contributed by atoms with van der Waals surface area (Å²) in [5.41, 5.74) is 13.4. The Hall–Kier alpha value is -3.86. The topological polar surface area (TPSA) is 144 Å². The SMILES string of the molecule is Cc1cc(/C=C(/C#N)C(=O)NC(N)=O)c(C)n1-c1ccc(C(N)=O)cc1. The predicted molar refractivity (Wildman–Crippen MR) is 95.1 cm³/mol. The Morgan fingerprint density at radius 3 is 2.27 bits per heavy atom. The molecule has 1 aromatic heterocycles. The van der Waals surface area contributed by atoms with Crippen LogP contribution in [0.15, 0.2) is 35.9 Å². The van der Waals surface area contributed by atoms with Crippen LogP contribution in [0.2, 0.25) is 0 Å². The molecule has 8 heteroatoms. The van der Waals surface area contributed by atoms with E-state index < -0.39 is 17.8 Å². The first-order chi connectivity index (χ1) is 12.2. The molecule has 2 rings (SSSR count). The second-order valence-electron chi connectivity index (χ2n) is 5.56. The molecule has 5 N–H and O–H groups in total. The van der Waals surface area contributed by atoms with Gasteiger partial charge in [-0.2, -0.15) is 5.26 Å². The van der Waals surface area contributed by atoms with Crippen LogP contribution in [0.4, 0.5) is 4.79 Å². The summed E-state index contributed by atoms with van der Waals surface area (Å²) >= 11 is 0. The average Bonchev–Trinajstić information content (AvgIpc) is 2.85. The van der Waals surface area contributed by atoms with E-state index in [0.29, 0.717) is 11.1 Å². The van der Waals surface area contributed by atoms with E-state index in [1.54, 1.807) is 36.4 Å². The summed E-state index contributed by atoms with van der Waals surface area (Å²) in [6.45, 7) is 3.68. The van der Waals surface area contributed by atoms with Crippen molar-refractivity contribution in [3.63, 3.8) is 0 Å². The molecular weight excluding hydrogens is 334 g/mol. The van der Waals surface area contributed by atoms with E-state index in [9.17, 15) is 14.4 Å². The highest BCUT2D eigenvalue weighted by atomic mass is 16.2. The fourth-order valence-corrected chi connectivity index (χ4v) is 2.59. The number of hydrogen-bond donors (Lipinski definition) is 3. The molecule has 0 aliphatic rings. The summed E-state index contributed by atoms with van der Waals surface area (Å²) < 4.78 is 1.90. The largest absolute Gasteiger partial charge is 0.366 e. The lowest BCUT2D eigenvalue weighted by Gasteiger charge is -2.10. The Labute approximate surface area is 149 Å². The molecule has 0 fully saturated rings. The molecule has 0 saturated heterocycles. The van der Waals surface area contributed by atoms with Crippen molar-refractivity contribution in [3.05, 3.63) is 58.4 Å². The number of imide groups is 1. The maximum absolute atomic E-state index is 11.8. The molecule has 0 saturated carbocycles. The zero-order valence-corrected chi connectivity index (χ0v) is 14.2. The monoisotopic (exact) mass is 351 g/mol. The second kappa shape index (κ2) is 7.36. The minimum atomic E-state index is -1.03. The maximum atomic E-state index is 11.8. The van der Waals surface area contributed by atoms with Crippen molar-refractivity contribution >= 4 is 23.9 Å². The summed E-state index contributed by atoms with van der Waals surface area (Å²) in [5.74, 6) is -1.38. The number of aryl methyl sites for hydroxylation is 1. The van der Waals surface area contributed by atoms with E-state index in [4.69, 9.17) is 16.7 Å². The average molecular weight is 351 g/mol. The van der Waals surface area contributed by atoms with Crippen LogP contribution in [-0.4, -0.2) is 22.4 Å². The van der Waals surface area contributed by atoms with Crippen molar-refractivity contribution in [1.82, 2.24) is 9.88 Å². The highest BCUT2D eigenvalue weighted by Gasteiger charge is 2.15. The van der Waals surface area contributed by atoms with Crippen molar-refractivity contribution in [2.24, 2.45) is 11.5 Å². The Morgan fingerprint density at radius 1 is 1.15 bits per heavy atom. The molecule has 0 spiro atoms. The van der Waals surface area contributed by atoms with E-state index in [2.05, 4.69) is 0 Å². The van der Waals surface area contributed by atoms with Crippen molar-refractivity contribution in [2.75, 3.05) is 0 Å². The molecule has 1 heterocycles. The number of nitriles is 1. The van der Waals surface area contributed by atoms with Gasteiger partial charge in [0.1, 0.15) is 11.6 Å². The van der Waals surface area contributed by atoms with E-state index in [1.165, 1.54) is 6.08 Å². The van der Waals surface area contributed by atoms with Crippen LogP contribution >= 0.6 is 0 Å². The van der Waals surface area contributed by atoms with Crippen LogP contribution < -0.4 is 16.8 Å². The molecule has 8 nitrogen and oxygen atoms in total. The van der Waals surface area contributed by atoms with Crippen molar-refractivity contribution in [3.8, 4) is 11.8 Å². The number of carbonyl (C=O) groups excluding carboxylic acids is 3. The number of carbonyl (C=O) groups is 3. The number of nitrogens with one attached hydrogen (secondary N) is 1. The maximum Gasteiger partial charge on any atom is 0.319 e. The number of hydrogen-bond acceptors (Lipinski definition) is 4.